The van der Waals surface area contributed by atoms with Crippen molar-refractivity contribution in [2.75, 3.05) is 0 Å². The van der Waals surface area contributed by atoms with Crippen LogP contribution in [-0.4, -0.2) is 7.85 Å². The molecule has 0 bridgehead atoms. The van der Waals surface area contributed by atoms with E-state index >= 15 is 0 Å². The summed E-state index contributed by atoms with van der Waals surface area (Å²) in [6.07, 6.45) is 0. The predicted octanol–water partition coefficient (Wildman–Crippen LogP) is -5.29. The molecule has 0 aliphatic carbocycles. The summed E-state index contributed by atoms with van der Waals surface area (Å²) in [4.78, 5) is 0. The first-order chi connectivity index (χ1) is 3.39. The van der Waals surface area contributed by atoms with Crippen molar-refractivity contribution in [3.63, 3.8) is 0 Å². The van der Waals surface area contributed by atoms with E-state index < -0.39 is 0 Å². The van der Waals surface area contributed by atoms with Crippen molar-refractivity contribution >= 4 is 13.3 Å². The van der Waals surface area contributed by atoms with Crippen LogP contribution in [0.1, 0.15) is 2.85 Å². The number of hydrogen-bond donors (Lipinski definition) is 0. The Morgan fingerprint density at radius 2 is 1.44 bits per heavy atom. The summed E-state index contributed by atoms with van der Waals surface area (Å²) in [5.74, 6) is 0. The SMILES string of the molecule is [B]c1ccccc1.[H-].[H-].[Li+].[Li+]. The van der Waals surface area contributed by atoms with E-state index in [1.165, 1.54) is 0 Å². The van der Waals surface area contributed by atoms with E-state index in [1.54, 1.807) is 0 Å². The summed E-state index contributed by atoms with van der Waals surface area (Å²) in [5.41, 5.74) is 0.822. The van der Waals surface area contributed by atoms with Gasteiger partial charge in [0.2, 0.25) is 0 Å². The summed E-state index contributed by atoms with van der Waals surface area (Å²) in [6, 6.07) is 9.49. The molecule has 0 atom stereocenters. The largest absolute Gasteiger partial charge is 1.00 e. The minimum absolute atomic E-state index is 0. The first-order valence-corrected chi connectivity index (χ1v) is 2.20. The molecule has 0 heterocycles. The molecular weight excluding hydrogens is 96.8 g/mol. The molecule has 0 saturated heterocycles. The minimum atomic E-state index is 0. The molecule has 0 spiro atoms. The molecule has 0 unspecified atom stereocenters. The van der Waals surface area contributed by atoms with Crippen molar-refractivity contribution in [1.29, 1.82) is 0 Å². The molecule has 0 amide bonds. The van der Waals surface area contributed by atoms with Crippen molar-refractivity contribution in [2.24, 2.45) is 0 Å². The van der Waals surface area contributed by atoms with Crippen LogP contribution in [0.3, 0.4) is 0 Å². The molecule has 0 nitrogen and oxygen atoms in total. The zero-order chi connectivity index (χ0) is 5.11. The summed E-state index contributed by atoms with van der Waals surface area (Å²) >= 11 is 0. The third-order valence-electron chi connectivity index (χ3n) is 0.800. The second-order valence-corrected chi connectivity index (χ2v) is 1.41. The Kier molecular flexibility index (Phi) is 8.93. The van der Waals surface area contributed by atoms with Crippen molar-refractivity contribution in [1.82, 2.24) is 0 Å². The Morgan fingerprint density at radius 3 is 1.67 bits per heavy atom. The Bertz CT molecular complexity index is 149. The van der Waals surface area contributed by atoms with Crippen LogP contribution in [0.2, 0.25) is 0 Å². The van der Waals surface area contributed by atoms with Gasteiger partial charge in [0.25, 0.3) is 0 Å². The van der Waals surface area contributed by atoms with E-state index in [0.717, 1.165) is 5.46 Å². The summed E-state index contributed by atoms with van der Waals surface area (Å²) < 4.78 is 0. The molecule has 2 radical (unpaired) electrons. The molecule has 0 saturated carbocycles. The van der Waals surface area contributed by atoms with E-state index in [4.69, 9.17) is 7.85 Å². The summed E-state index contributed by atoms with van der Waals surface area (Å²) in [5, 5.41) is 0. The average Bonchev–Trinajstić information content (AvgIpc) is 1.69. The predicted molar refractivity (Wildman–Crippen MR) is 34.1 cm³/mol. The second kappa shape index (κ2) is 6.60. The van der Waals surface area contributed by atoms with Crippen molar-refractivity contribution in [2.45, 2.75) is 0 Å². The Balaban J connectivity index is -0.0000000612. The fourth-order valence-corrected chi connectivity index (χ4v) is 0.453. The topological polar surface area (TPSA) is 0 Å². The molecular formula is C6H7BLi2. The monoisotopic (exact) mass is 104 g/mol. The van der Waals surface area contributed by atoms with Gasteiger partial charge in [0.15, 0.2) is 0 Å². The quantitative estimate of drug-likeness (QED) is 0.288. The van der Waals surface area contributed by atoms with Gasteiger partial charge in [-0.1, -0.05) is 35.8 Å². The van der Waals surface area contributed by atoms with Gasteiger partial charge < -0.3 is 2.85 Å². The van der Waals surface area contributed by atoms with Gasteiger partial charge in [-0.25, -0.2) is 0 Å². The average molecular weight is 104 g/mol. The van der Waals surface area contributed by atoms with Crippen LogP contribution in [0.4, 0.5) is 0 Å². The van der Waals surface area contributed by atoms with Crippen LogP contribution < -0.4 is 43.2 Å². The molecule has 0 aliphatic heterocycles. The molecule has 36 valence electrons. The fourth-order valence-electron chi connectivity index (χ4n) is 0.453. The van der Waals surface area contributed by atoms with Gasteiger partial charge in [0.1, 0.15) is 7.85 Å². The fraction of sp³-hybridized carbons (Fsp3) is 0. The van der Waals surface area contributed by atoms with Crippen molar-refractivity contribution in [3.05, 3.63) is 30.3 Å². The van der Waals surface area contributed by atoms with E-state index in [-0.39, 0.29) is 40.6 Å². The van der Waals surface area contributed by atoms with Gasteiger partial charge in [0, 0.05) is 0 Å². The summed E-state index contributed by atoms with van der Waals surface area (Å²) in [6.45, 7) is 0. The maximum absolute atomic E-state index is 5.36. The summed E-state index contributed by atoms with van der Waals surface area (Å²) in [7, 11) is 5.36. The Hall–Kier alpha value is 0.480. The molecule has 0 aliphatic rings. The molecule has 1 rings (SSSR count). The third kappa shape index (κ3) is 4.95. The first-order valence-electron chi connectivity index (χ1n) is 2.20. The van der Waals surface area contributed by atoms with Crippen LogP contribution in [0.5, 0.6) is 0 Å². The zero-order valence-corrected chi connectivity index (χ0v) is 5.96. The first kappa shape index (κ1) is 12.2. The van der Waals surface area contributed by atoms with Crippen LogP contribution in [-0.2, 0) is 0 Å². The number of hydrogen-bond acceptors (Lipinski definition) is 0. The van der Waals surface area contributed by atoms with E-state index in [0.29, 0.717) is 0 Å². The minimum Gasteiger partial charge on any atom is -1.00 e. The second-order valence-electron chi connectivity index (χ2n) is 1.41. The van der Waals surface area contributed by atoms with Gasteiger partial charge in [-0.3, -0.25) is 0 Å². The molecule has 0 N–H and O–H groups in total. The van der Waals surface area contributed by atoms with E-state index in [9.17, 15) is 0 Å². The zero-order valence-electron chi connectivity index (χ0n) is 7.96. The van der Waals surface area contributed by atoms with E-state index in [1.807, 2.05) is 30.3 Å². The standard InChI is InChI=1S/C6H5B.2Li.2H/c7-6-4-2-1-3-5-6;;;;/h1-5H;;;;/q;2*+1;2*-1. The van der Waals surface area contributed by atoms with E-state index in [2.05, 4.69) is 0 Å². The Morgan fingerprint density at radius 1 is 1.00 bits per heavy atom. The normalized spacial score (nSPS) is 6.67. The molecule has 3 heteroatoms. The molecule has 1 aromatic rings. The van der Waals surface area contributed by atoms with Gasteiger partial charge in [0.05, 0.1) is 0 Å². The number of rotatable bonds is 0. The van der Waals surface area contributed by atoms with Crippen LogP contribution in [0, 0.1) is 0 Å². The van der Waals surface area contributed by atoms with Gasteiger partial charge in [-0.2, -0.15) is 0 Å². The third-order valence-corrected chi connectivity index (χ3v) is 0.800. The Labute approximate surface area is 84.1 Å². The number of benzene rings is 1. The maximum Gasteiger partial charge on any atom is 1.00 e. The molecule has 0 fully saturated rings. The van der Waals surface area contributed by atoms with Gasteiger partial charge in [-0.05, 0) is 0 Å². The van der Waals surface area contributed by atoms with Gasteiger partial charge in [-0.15, -0.1) is 0 Å². The molecule has 1 aromatic carbocycles. The van der Waals surface area contributed by atoms with Gasteiger partial charge >= 0.3 is 37.7 Å². The molecule has 0 aromatic heterocycles. The van der Waals surface area contributed by atoms with Crippen molar-refractivity contribution in [3.8, 4) is 0 Å². The smallest absolute Gasteiger partial charge is 1.00 e. The van der Waals surface area contributed by atoms with Crippen LogP contribution in [0.25, 0.3) is 0 Å². The maximum atomic E-state index is 5.36. The molecule has 9 heavy (non-hydrogen) atoms. The van der Waals surface area contributed by atoms with Crippen LogP contribution >= 0.6 is 0 Å². The van der Waals surface area contributed by atoms with Crippen molar-refractivity contribution < 1.29 is 40.6 Å². The van der Waals surface area contributed by atoms with Crippen LogP contribution in [0.15, 0.2) is 30.3 Å².